The number of ether oxygens (including phenoxy) is 1. The van der Waals surface area contributed by atoms with Crippen molar-refractivity contribution in [1.82, 2.24) is 9.66 Å². The van der Waals surface area contributed by atoms with Crippen LogP contribution < -0.4 is 10.3 Å². The van der Waals surface area contributed by atoms with Gasteiger partial charge in [-0.3, -0.25) is 14.9 Å². The van der Waals surface area contributed by atoms with Gasteiger partial charge in [-0.15, -0.1) is 0 Å². The number of nitro benzene ring substituents is 1. The van der Waals surface area contributed by atoms with Gasteiger partial charge in [0.05, 0.1) is 39.2 Å². The molecule has 0 fully saturated rings. The Morgan fingerprint density at radius 3 is 2.55 bits per heavy atom. The summed E-state index contributed by atoms with van der Waals surface area (Å²) < 4.78 is 46.7. The largest absolute Gasteiger partial charge is 0.482 e. The Kier molecular flexibility index (Phi) is 7.49. The van der Waals surface area contributed by atoms with Crippen molar-refractivity contribution in [3.8, 4) is 23.2 Å². The van der Waals surface area contributed by atoms with Crippen LogP contribution in [0, 0.1) is 21.4 Å². The first-order chi connectivity index (χ1) is 20.2. The van der Waals surface area contributed by atoms with Crippen LogP contribution in [0.4, 0.5) is 18.9 Å². The number of para-hydroxylation sites is 1. The number of nitro groups is 1. The molecule has 5 rings (SSSR count). The van der Waals surface area contributed by atoms with E-state index in [0.717, 1.165) is 23.0 Å². The highest BCUT2D eigenvalue weighted by molar-refractivity contribution is 5.83. The van der Waals surface area contributed by atoms with Crippen molar-refractivity contribution in [2.75, 3.05) is 0 Å². The van der Waals surface area contributed by atoms with Crippen LogP contribution in [0.3, 0.4) is 0 Å². The van der Waals surface area contributed by atoms with Gasteiger partial charge in [-0.05, 0) is 42.5 Å². The molecule has 0 spiro atoms. The van der Waals surface area contributed by atoms with Crippen molar-refractivity contribution in [1.29, 1.82) is 5.26 Å². The summed E-state index contributed by atoms with van der Waals surface area (Å²) in [5.74, 6) is -0.203. The fourth-order valence-electron chi connectivity index (χ4n) is 4.17. The van der Waals surface area contributed by atoms with Crippen LogP contribution in [0.1, 0.15) is 22.3 Å². The molecular formula is C30H18F3N5O4. The van der Waals surface area contributed by atoms with Crippen molar-refractivity contribution in [2.45, 2.75) is 12.8 Å². The lowest BCUT2D eigenvalue weighted by atomic mass is 10.1. The van der Waals surface area contributed by atoms with Crippen LogP contribution in [0.5, 0.6) is 5.75 Å². The van der Waals surface area contributed by atoms with Crippen LogP contribution in [0.25, 0.3) is 22.3 Å². The van der Waals surface area contributed by atoms with Gasteiger partial charge >= 0.3 is 11.9 Å². The zero-order valence-corrected chi connectivity index (χ0v) is 21.4. The van der Waals surface area contributed by atoms with Crippen molar-refractivity contribution < 1.29 is 22.8 Å². The van der Waals surface area contributed by atoms with Crippen molar-refractivity contribution in [3.63, 3.8) is 0 Å². The van der Waals surface area contributed by atoms with E-state index in [-0.39, 0.29) is 40.2 Å². The summed E-state index contributed by atoms with van der Waals surface area (Å²) in [7, 11) is 0. The molecular weight excluding hydrogens is 551 g/mol. The first-order valence-electron chi connectivity index (χ1n) is 12.3. The van der Waals surface area contributed by atoms with Gasteiger partial charge in [-0.1, -0.05) is 42.5 Å². The smallest absolute Gasteiger partial charge is 0.416 e. The van der Waals surface area contributed by atoms with Gasteiger partial charge in [0.15, 0.2) is 11.6 Å². The lowest BCUT2D eigenvalue weighted by Crippen LogP contribution is -2.20. The maximum absolute atomic E-state index is 13.4. The number of benzene rings is 4. The number of halogens is 3. The van der Waals surface area contributed by atoms with Crippen molar-refractivity contribution in [2.24, 2.45) is 5.10 Å². The lowest BCUT2D eigenvalue weighted by molar-refractivity contribution is -0.385. The van der Waals surface area contributed by atoms with E-state index in [2.05, 4.69) is 10.1 Å². The fourth-order valence-corrected chi connectivity index (χ4v) is 4.17. The summed E-state index contributed by atoms with van der Waals surface area (Å²) in [5, 5.41) is 25.4. The molecule has 9 nitrogen and oxygen atoms in total. The number of nitriles is 1. The summed E-state index contributed by atoms with van der Waals surface area (Å²) in [6.07, 6.45) is -3.46. The number of hydrogen-bond acceptors (Lipinski definition) is 7. The molecule has 12 heteroatoms. The van der Waals surface area contributed by atoms with E-state index in [1.807, 2.05) is 6.07 Å². The average molecular weight is 569 g/mol. The second kappa shape index (κ2) is 11.3. The molecule has 42 heavy (non-hydrogen) atoms. The maximum atomic E-state index is 13.4. The monoisotopic (exact) mass is 569 g/mol. The molecule has 0 bridgehead atoms. The van der Waals surface area contributed by atoms with E-state index < -0.39 is 27.9 Å². The molecule has 0 N–H and O–H groups in total. The predicted molar refractivity (Wildman–Crippen MR) is 148 cm³/mol. The van der Waals surface area contributed by atoms with E-state index in [1.54, 1.807) is 42.5 Å². The third-order valence-corrected chi connectivity index (χ3v) is 6.22. The minimum absolute atomic E-state index is 0.00259. The fraction of sp³-hybridized carbons (Fsp3) is 0.0667. The molecule has 0 aliphatic carbocycles. The number of nitrogens with zero attached hydrogens (tertiary/aromatic N) is 5. The lowest BCUT2D eigenvalue weighted by Gasteiger charge is -2.12. The molecule has 0 amide bonds. The highest BCUT2D eigenvalue weighted by Gasteiger charge is 2.31. The van der Waals surface area contributed by atoms with Crippen LogP contribution >= 0.6 is 0 Å². The summed E-state index contributed by atoms with van der Waals surface area (Å²) in [5.41, 5.74) is -0.581. The van der Waals surface area contributed by atoms with Gasteiger partial charge in [0.1, 0.15) is 6.61 Å². The van der Waals surface area contributed by atoms with Gasteiger partial charge in [-0.2, -0.15) is 28.2 Å². The van der Waals surface area contributed by atoms with E-state index in [4.69, 9.17) is 4.74 Å². The molecule has 1 aromatic heterocycles. The number of alkyl halides is 3. The third-order valence-electron chi connectivity index (χ3n) is 6.22. The van der Waals surface area contributed by atoms with E-state index in [9.17, 15) is 33.3 Å². The molecule has 0 unspecified atom stereocenters. The SMILES string of the molecule is N#Cc1ccccc1COc1ccc(C=Nn2c(-c3cccc(C(F)(F)F)c3)nc3ccccc3c2=O)cc1[N+](=O)[O-]. The Hall–Kier alpha value is -5.83. The summed E-state index contributed by atoms with van der Waals surface area (Å²) in [6, 6.07) is 23.4. The van der Waals surface area contributed by atoms with Gasteiger partial charge in [0.25, 0.3) is 5.56 Å². The molecule has 5 aromatic rings. The zero-order chi connectivity index (χ0) is 29.9. The van der Waals surface area contributed by atoms with E-state index >= 15 is 0 Å². The molecule has 0 radical (unpaired) electrons. The second-order valence-electron chi connectivity index (χ2n) is 8.93. The number of hydrogen-bond donors (Lipinski definition) is 0. The highest BCUT2D eigenvalue weighted by atomic mass is 19.4. The van der Waals surface area contributed by atoms with Crippen LogP contribution in [-0.2, 0) is 12.8 Å². The Morgan fingerprint density at radius 1 is 1.02 bits per heavy atom. The molecule has 1 heterocycles. The van der Waals surface area contributed by atoms with Gasteiger partial charge in [0, 0.05) is 22.8 Å². The van der Waals surface area contributed by atoms with Crippen LogP contribution in [0.2, 0.25) is 0 Å². The molecule has 0 aliphatic heterocycles. The van der Waals surface area contributed by atoms with E-state index in [1.165, 1.54) is 36.4 Å². The summed E-state index contributed by atoms with van der Waals surface area (Å²) in [4.78, 5) is 28.9. The number of aromatic nitrogens is 2. The minimum Gasteiger partial charge on any atom is -0.482 e. The number of rotatable bonds is 7. The Bertz CT molecular complexity index is 1960. The maximum Gasteiger partial charge on any atom is 0.416 e. The first-order valence-corrected chi connectivity index (χ1v) is 12.3. The van der Waals surface area contributed by atoms with Crippen LogP contribution in [0.15, 0.2) is 101 Å². The average Bonchev–Trinajstić information content (AvgIpc) is 2.99. The predicted octanol–water partition coefficient (Wildman–Crippen LogP) is 6.32. The molecule has 0 aliphatic rings. The molecule has 208 valence electrons. The van der Waals surface area contributed by atoms with Crippen molar-refractivity contribution in [3.05, 3.63) is 134 Å². The first kappa shape index (κ1) is 27.7. The number of fused-ring (bicyclic) bond motifs is 1. The molecule has 0 atom stereocenters. The Balaban J connectivity index is 1.54. The summed E-state index contributed by atoms with van der Waals surface area (Å²) in [6.45, 7) is -0.0868. The van der Waals surface area contributed by atoms with E-state index in [0.29, 0.717) is 11.1 Å². The van der Waals surface area contributed by atoms with Gasteiger partial charge in [0.2, 0.25) is 0 Å². The summed E-state index contributed by atoms with van der Waals surface area (Å²) >= 11 is 0. The molecule has 0 saturated heterocycles. The van der Waals surface area contributed by atoms with Gasteiger partial charge < -0.3 is 4.74 Å². The molecule has 0 saturated carbocycles. The normalized spacial score (nSPS) is 11.5. The zero-order valence-electron chi connectivity index (χ0n) is 21.4. The quantitative estimate of drug-likeness (QED) is 0.128. The second-order valence-corrected chi connectivity index (χ2v) is 8.93. The minimum atomic E-state index is -4.62. The third kappa shape index (κ3) is 5.71. The van der Waals surface area contributed by atoms with Gasteiger partial charge in [-0.25, -0.2) is 4.98 Å². The Morgan fingerprint density at radius 2 is 1.79 bits per heavy atom. The highest BCUT2D eigenvalue weighted by Crippen LogP contribution is 2.32. The topological polar surface area (TPSA) is 123 Å². The van der Waals surface area contributed by atoms with Crippen LogP contribution in [-0.4, -0.2) is 20.8 Å². The Labute approximate surface area is 235 Å². The van der Waals surface area contributed by atoms with Crippen molar-refractivity contribution >= 4 is 22.8 Å². The molecule has 4 aromatic carbocycles. The standard InChI is InChI=1S/C30H18F3N5O4/c31-30(32,33)23-9-5-8-20(15-23)28-36-25-11-4-3-10-24(25)29(39)37(28)35-17-19-12-13-27(26(14-19)38(40)41)42-18-22-7-2-1-6-21(22)16-34/h1-15,17H,18H2.